The average Bonchev–Trinajstić information content (AvgIpc) is 3.11. The summed E-state index contributed by atoms with van der Waals surface area (Å²) in [6, 6.07) is 14.8. The predicted octanol–water partition coefficient (Wildman–Crippen LogP) is 3.59. The summed E-state index contributed by atoms with van der Waals surface area (Å²) in [5, 5.41) is 7.19. The highest BCUT2D eigenvalue weighted by atomic mass is 16.1. The molecule has 0 aliphatic carbocycles. The van der Waals surface area contributed by atoms with E-state index in [0.717, 1.165) is 17.0 Å². The van der Waals surface area contributed by atoms with E-state index in [0.29, 0.717) is 22.9 Å². The molecular formula is C21H18N6O. The molecule has 4 aromatic rings. The van der Waals surface area contributed by atoms with Crippen molar-refractivity contribution in [1.82, 2.24) is 24.7 Å². The fraction of sp³-hybridized carbons (Fsp3) is 0.0952. The van der Waals surface area contributed by atoms with Crippen LogP contribution in [0.25, 0.3) is 17.2 Å². The van der Waals surface area contributed by atoms with E-state index < -0.39 is 0 Å². The Morgan fingerprint density at radius 3 is 2.50 bits per heavy atom. The molecule has 7 heteroatoms. The third-order valence-electron chi connectivity index (χ3n) is 4.32. The second-order valence-electron chi connectivity index (χ2n) is 6.30. The first kappa shape index (κ1) is 17.5. The SMILES string of the molecule is Cc1ccnc(-c2ccc(NC(=O)c3cnn(-c4ccccn4)c3C)cc2)n1. The molecule has 0 aliphatic heterocycles. The van der Waals surface area contributed by atoms with Crippen molar-refractivity contribution in [3.05, 3.63) is 84.1 Å². The first-order valence-electron chi connectivity index (χ1n) is 8.79. The third-order valence-corrected chi connectivity index (χ3v) is 4.32. The molecule has 3 heterocycles. The number of aryl methyl sites for hydroxylation is 1. The normalized spacial score (nSPS) is 10.6. The molecule has 138 valence electrons. The van der Waals surface area contributed by atoms with Crippen LogP contribution in [0.15, 0.2) is 67.1 Å². The van der Waals surface area contributed by atoms with Crippen LogP contribution in [0.4, 0.5) is 5.69 Å². The van der Waals surface area contributed by atoms with Gasteiger partial charge in [0.25, 0.3) is 5.91 Å². The maximum absolute atomic E-state index is 12.7. The minimum Gasteiger partial charge on any atom is -0.322 e. The molecule has 0 radical (unpaired) electrons. The van der Waals surface area contributed by atoms with Gasteiger partial charge in [0, 0.05) is 29.3 Å². The van der Waals surface area contributed by atoms with E-state index in [1.165, 1.54) is 0 Å². The third kappa shape index (κ3) is 3.50. The Kier molecular flexibility index (Phi) is 4.63. The summed E-state index contributed by atoms with van der Waals surface area (Å²) < 4.78 is 1.65. The first-order chi connectivity index (χ1) is 13.6. The summed E-state index contributed by atoms with van der Waals surface area (Å²) in [6.07, 6.45) is 4.97. The van der Waals surface area contributed by atoms with E-state index in [9.17, 15) is 4.79 Å². The zero-order valence-electron chi connectivity index (χ0n) is 15.5. The van der Waals surface area contributed by atoms with E-state index in [2.05, 4.69) is 25.4 Å². The molecule has 0 unspecified atom stereocenters. The first-order valence-corrected chi connectivity index (χ1v) is 8.79. The van der Waals surface area contributed by atoms with Crippen LogP contribution in [-0.4, -0.2) is 30.6 Å². The lowest BCUT2D eigenvalue weighted by atomic mass is 10.1. The van der Waals surface area contributed by atoms with Gasteiger partial charge in [0.2, 0.25) is 0 Å². The Morgan fingerprint density at radius 2 is 1.79 bits per heavy atom. The minimum atomic E-state index is -0.223. The van der Waals surface area contributed by atoms with Gasteiger partial charge >= 0.3 is 0 Å². The number of anilines is 1. The molecule has 3 aromatic heterocycles. The molecule has 1 aromatic carbocycles. The summed E-state index contributed by atoms with van der Waals surface area (Å²) in [4.78, 5) is 25.6. The van der Waals surface area contributed by atoms with Gasteiger partial charge < -0.3 is 5.32 Å². The number of carbonyl (C=O) groups excluding carboxylic acids is 1. The number of carbonyl (C=O) groups is 1. The van der Waals surface area contributed by atoms with Gasteiger partial charge in [0.05, 0.1) is 17.5 Å². The van der Waals surface area contributed by atoms with Crippen LogP contribution in [0.1, 0.15) is 21.7 Å². The van der Waals surface area contributed by atoms with Crippen LogP contribution in [-0.2, 0) is 0 Å². The van der Waals surface area contributed by atoms with Crippen molar-refractivity contribution in [2.24, 2.45) is 0 Å². The van der Waals surface area contributed by atoms with Crippen molar-refractivity contribution in [1.29, 1.82) is 0 Å². The standard InChI is InChI=1S/C21H18N6O/c1-14-10-12-23-20(25-14)16-6-8-17(9-7-16)26-21(28)18-13-24-27(15(18)2)19-5-3-4-11-22-19/h3-13H,1-2H3,(H,26,28). The second-order valence-corrected chi connectivity index (χ2v) is 6.30. The van der Waals surface area contributed by atoms with Crippen LogP contribution in [0.5, 0.6) is 0 Å². The Bertz CT molecular complexity index is 1120. The van der Waals surface area contributed by atoms with Gasteiger partial charge in [-0.05, 0) is 56.3 Å². The van der Waals surface area contributed by atoms with Crippen LogP contribution in [0.3, 0.4) is 0 Å². The van der Waals surface area contributed by atoms with Gasteiger partial charge in [-0.15, -0.1) is 0 Å². The predicted molar refractivity (Wildman–Crippen MR) is 106 cm³/mol. The van der Waals surface area contributed by atoms with Crippen molar-refractivity contribution < 1.29 is 4.79 Å². The second kappa shape index (κ2) is 7.40. The van der Waals surface area contributed by atoms with Gasteiger partial charge in [-0.2, -0.15) is 5.10 Å². The molecule has 4 rings (SSSR count). The number of rotatable bonds is 4. The largest absolute Gasteiger partial charge is 0.322 e. The van der Waals surface area contributed by atoms with E-state index in [4.69, 9.17) is 0 Å². The molecule has 0 fully saturated rings. The number of nitrogens with one attached hydrogen (secondary N) is 1. The number of hydrogen-bond donors (Lipinski definition) is 1. The Morgan fingerprint density at radius 1 is 0.964 bits per heavy atom. The molecule has 0 atom stereocenters. The summed E-state index contributed by atoms with van der Waals surface area (Å²) in [5.41, 5.74) is 3.70. The number of benzene rings is 1. The molecule has 1 N–H and O–H groups in total. The van der Waals surface area contributed by atoms with Crippen LogP contribution < -0.4 is 5.32 Å². The molecule has 1 amide bonds. The van der Waals surface area contributed by atoms with E-state index in [-0.39, 0.29) is 5.91 Å². The molecule has 0 bridgehead atoms. The maximum atomic E-state index is 12.7. The monoisotopic (exact) mass is 370 g/mol. The van der Waals surface area contributed by atoms with Crippen molar-refractivity contribution in [3.8, 4) is 17.2 Å². The fourth-order valence-corrected chi connectivity index (χ4v) is 2.83. The Balaban J connectivity index is 1.52. The molecule has 0 saturated heterocycles. The number of hydrogen-bond acceptors (Lipinski definition) is 5. The lowest BCUT2D eigenvalue weighted by Gasteiger charge is -2.07. The number of aromatic nitrogens is 5. The smallest absolute Gasteiger partial charge is 0.259 e. The summed E-state index contributed by atoms with van der Waals surface area (Å²) in [7, 11) is 0. The van der Waals surface area contributed by atoms with E-state index in [1.54, 1.807) is 23.3 Å². The van der Waals surface area contributed by atoms with E-state index >= 15 is 0 Å². The maximum Gasteiger partial charge on any atom is 0.259 e. The summed E-state index contributed by atoms with van der Waals surface area (Å²) in [6.45, 7) is 3.77. The van der Waals surface area contributed by atoms with Gasteiger partial charge in [-0.1, -0.05) is 6.07 Å². The quantitative estimate of drug-likeness (QED) is 0.593. The topological polar surface area (TPSA) is 85.6 Å². The van der Waals surface area contributed by atoms with Gasteiger partial charge in [0.1, 0.15) is 0 Å². The highest BCUT2D eigenvalue weighted by molar-refractivity contribution is 6.05. The average molecular weight is 370 g/mol. The molecule has 28 heavy (non-hydrogen) atoms. The van der Waals surface area contributed by atoms with Gasteiger partial charge in [-0.25, -0.2) is 19.6 Å². The van der Waals surface area contributed by atoms with Crippen LogP contribution in [0.2, 0.25) is 0 Å². The molecule has 7 nitrogen and oxygen atoms in total. The van der Waals surface area contributed by atoms with Gasteiger partial charge in [-0.3, -0.25) is 4.79 Å². The van der Waals surface area contributed by atoms with Gasteiger partial charge in [0.15, 0.2) is 11.6 Å². The summed E-state index contributed by atoms with van der Waals surface area (Å²) >= 11 is 0. The number of amides is 1. The lowest BCUT2D eigenvalue weighted by Crippen LogP contribution is -2.13. The fourth-order valence-electron chi connectivity index (χ4n) is 2.83. The van der Waals surface area contributed by atoms with Crippen LogP contribution >= 0.6 is 0 Å². The lowest BCUT2D eigenvalue weighted by molar-refractivity contribution is 0.102. The molecule has 0 aliphatic rings. The number of nitrogens with zero attached hydrogens (tertiary/aromatic N) is 5. The highest BCUT2D eigenvalue weighted by Crippen LogP contribution is 2.19. The van der Waals surface area contributed by atoms with Crippen molar-refractivity contribution >= 4 is 11.6 Å². The zero-order chi connectivity index (χ0) is 19.5. The zero-order valence-corrected chi connectivity index (χ0v) is 15.5. The number of pyridine rings is 1. The van der Waals surface area contributed by atoms with Crippen LogP contribution in [0, 0.1) is 13.8 Å². The van der Waals surface area contributed by atoms with E-state index in [1.807, 2.05) is 62.4 Å². The minimum absolute atomic E-state index is 0.223. The molecule has 0 spiro atoms. The van der Waals surface area contributed by atoms with Crippen molar-refractivity contribution in [2.75, 3.05) is 5.32 Å². The van der Waals surface area contributed by atoms with Crippen molar-refractivity contribution in [2.45, 2.75) is 13.8 Å². The Hall–Kier alpha value is -3.87. The Labute approximate surface area is 162 Å². The molecular weight excluding hydrogens is 352 g/mol. The summed E-state index contributed by atoms with van der Waals surface area (Å²) in [5.74, 6) is 1.10. The molecule has 0 saturated carbocycles. The van der Waals surface area contributed by atoms with Crippen molar-refractivity contribution in [3.63, 3.8) is 0 Å². The highest BCUT2D eigenvalue weighted by Gasteiger charge is 2.16.